The van der Waals surface area contributed by atoms with E-state index < -0.39 is 0 Å². The van der Waals surface area contributed by atoms with Crippen LogP contribution in [0.3, 0.4) is 0 Å². The van der Waals surface area contributed by atoms with Crippen molar-refractivity contribution in [3.63, 3.8) is 0 Å². The van der Waals surface area contributed by atoms with Gasteiger partial charge in [-0.1, -0.05) is 53.5 Å². The predicted molar refractivity (Wildman–Crippen MR) is 109 cm³/mol. The zero-order chi connectivity index (χ0) is 18.4. The van der Waals surface area contributed by atoms with Crippen molar-refractivity contribution in [1.29, 1.82) is 0 Å². The molecule has 1 amide bonds. The van der Waals surface area contributed by atoms with Crippen molar-refractivity contribution in [3.8, 4) is 0 Å². The van der Waals surface area contributed by atoms with Gasteiger partial charge in [-0.3, -0.25) is 4.79 Å². The molecule has 2 aromatic rings. The Kier molecular flexibility index (Phi) is 6.95. The van der Waals surface area contributed by atoms with Crippen molar-refractivity contribution in [2.45, 2.75) is 44.1 Å². The van der Waals surface area contributed by atoms with Crippen LogP contribution in [0.5, 0.6) is 0 Å². The van der Waals surface area contributed by atoms with Gasteiger partial charge in [0.25, 0.3) is 0 Å². The van der Waals surface area contributed by atoms with E-state index in [9.17, 15) is 4.79 Å². The molecular formula is C21H24Cl2N2O. The first-order valence-electron chi connectivity index (χ1n) is 9.15. The fourth-order valence-electron chi connectivity index (χ4n) is 3.54. The third-order valence-corrected chi connectivity index (χ3v) is 5.73. The van der Waals surface area contributed by atoms with Crippen LogP contribution in [0.25, 0.3) is 0 Å². The van der Waals surface area contributed by atoms with E-state index in [4.69, 9.17) is 23.2 Å². The van der Waals surface area contributed by atoms with Gasteiger partial charge < -0.3 is 10.6 Å². The van der Waals surface area contributed by atoms with Crippen molar-refractivity contribution in [2.75, 3.05) is 11.9 Å². The molecular weight excluding hydrogens is 367 g/mol. The molecule has 3 nitrogen and oxygen atoms in total. The number of rotatable bonds is 6. The fourth-order valence-corrected chi connectivity index (χ4v) is 3.84. The minimum absolute atomic E-state index is 0.0196. The summed E-state index contributed by atoms with van der Waals surface area (Å²) in [7, 11) is 0. The molecule has 26 heavy (non-hydrogen) atoms. The van der Waals surface area contributed by atoms with Gasteiger partial charge in [0.05, 0.1) is 10.0 Å². The number of hydrogen-bond donors (Lipinski definition) is 2. The van der Waals surface area contributed by atoms with Gasteiger partial charge in [-0.05, 0) is 55.4 Å². The molecule has 3 rings (SSSR count). The maximum atomic E-state index is 12.1. The Labute approximate surface area is 165 Å². The molecule has 0 saturated heterocycles. The average molecular weight is 391 g/mol. The van der Waals surface area contributed by atoms with E-state index in [1.165, 1.54) is 18.4 Å². The third kappa shape index (κ3) is 5.47. The van der Waals surface area contributed by atoms with Crippen molar-refractivity contribution >= 4 is 34.8 Å². The average Bonchev–Trinajstić information content (AvgIpc) is 2.66. The summed E-state index contributed by atoms with van der Waals surface area (Å²) in [5.74, 6) is 0.654. The van der Waals surface area contributed by atoms with Crippen molar-refractivity contribution in [1.82, 2.24) is 5.32 Å². The molecule has 1 fully saturated rings. The number of benzene rings is 2. The lowest BCUT2D eigenvalue weighted by molar-refractivity contribution is -0.116. The molecule has 0 aromatic heterocycles. The lowest BCUT2D eigenvalue weighted by Gasteiger charge is -2.29. The normalized spacial score (nSPS) is 19.9. The van der Waals surface area contributed by atoms with E-state index in [1.807, 2.05) is 0 Å². The molecule has 0 bridgehead atoms. The summed E-state index contributed by atoms with van der Waals surface area (Å²) in [6, 6.07) is 16.4. The minimum Gasteiger partial charge on any atom is -0.326 e. The summed E-state index contributed by atoms with van der Waals surface area (Å²) < 4.78 is 0. The monoisotopic (exact) mass is 390 g/mol. The molecule has 5 heteroatoms. The van der Waals surface area contributed by atoms with Crippen LogP contribution in [-0.2, 0) is 4.79 Å². The maximum absolute atomic E-state index is 12.1. The molecule has 2 N–H and O–H groups in total. The molecule has 1 aliphatic rings. The van der Waals surface area contributed by atoms with E-state index in [0.29, 0.717) is 40.7 Å². The molecule has 0 heterocycles. The van der Waals surface area contributed by atoms with Crippen molar-refractivity contribution in [3.05, 3.63) is 64.1 Å². The SMILES string of the molecule is O=C(CCN[C@H]1CC[C@H](c2ccccc2)CC1)Nc1ccc(Cl)c(Cl)c1. The summed E-state index contributed by atoms with van der Waals surface area (Å²) in [5, 5.41) is 7.30. The van der Waals surface area contributed by atoms with Crippen molar-refractivity contribution in [2.24, 2.45) is 0 Å². The van der Waals surface area contributed by atoms with Gasteiger partial charge in [-0.2, -0.15) is 0 Å². The summed E-state index contributed by atoms with van der Waals surface area (Å²) in [4.78, 5) is 12.1. The summed E-state index contributed by atoms with van der Waals surface area (Å²) in [6.45, 7) is 0.688. The maximum Gasteiger partial charge on any atom is 0.225 e. The largest absolute Gasteiger partial charge is 0.326 e. The number of amides is 1. The zero-order valence-corrected chi connectivity index (χ0v) is 16.2. The summed E-state index contributed by atoms with van der Waals surface area (Å²) in [6.07, 6.45) is 5.18. The number of nitrogens with one attached hydrogen (secondary N) is 2. The molecule has 2 aromatic carbocycles. The Morgan fingerprint density at radius 3 is 2.38 bits per heavy atom. The van der Waals surface area contributed by atoms with Gasteiger partial charge >= 0.3 is 0 Å². The number of carbonyl (C=O) groups is 1. The van der Waals surface area contributed by atoms with Gasteiger partial charge in [0, 0.05) is 24.7 Å². The highest BCUT2D eigenvalue weighted by Gasteiger charge is 2.21. The van der Waals surface area contributed by atoms with Crippen LogP contribution < -0.4 is 10.6 Å². The van der Waals surface area contributed by atoms with Crippen LogP contribution in [0.2, 0.25) is 10.0 Å². The molecule has 0 unspecified atom stereocenters. The second-order valence-corrected chi connectivity index (χ2v) is 7.65. The van der Waals surface area contributed by atoms with Crippen LogP contribution in [0.1, 0.15) is 43.6 Å². The van der Waals surface area contributed by atoms with E-state index in [2.05, 4.69) is 41.0 Å². The first-order chi connectivity index (χ1) is 12.6. The molecule has 0 aliphatic heterocycles. The zero-order valence-electron chi connectivity index (χ0n) is 14.7. The summed E-state index contributed by atoms with van der Waals surface area (Å²) >= 11 is 11.8. The van der Waals surface area contributed by atoms with Gasteiger partial charge in [0.15, 0.2) is 0 Å². The van der Waals surface area contributed by atoms with E-state index >= 15 is 0 Å². The Hall–Kier alpha value is -1.55. The highest BCUT2D eigenvalue weighted by Crippen LogP contribution is 2.32. The standard InChI is InChI=1S/C21H24Cl2N2O/c22-19-11-10-18(14-20(19)23)25-21(26)12-13-24-17-8-6-16(7-9-17)15-4-2-1-3-5-15/h1-5,10-11,14,16-17,24H,6-9,12-13H2,(H,25,26)/t16-,17-. The number of carbonyl (C=O) groups excluding carboxylic acids is 1. The van der Waals surface area contributed by atoms with Crippen LogP contribution in [0.4, 0.5) is 5.69 Å². The quantitative estimate of drug-likeness (QED) is 0.669. The fraction of sp³-hybridized carbons (Fsp3) is 0.381. The highest BCUT2D eigenvalue weighted by molar-refractivity contribution is 6.42. The van der Waals surface area contributed by atoms with Gasteiger partial charge in [0.2, 0.25) is 5.91 Å². The predicted octanol–water partition coefficient (Wildman–Crippen LogP) is 5.64. The van der Waals surface area contributed by atoms with Crippen LogP contribution in [-0.4, -0.2) is 18.5 Å². The Morgan fingerprint density at radius 2 is 1.69 bits per heavy atom. The molecule has 0 radical (unpaired) electrons. The minimum atomic E-state index is -0.0196. The second kappa shape index (κ2) is 9.40. The lowest BCUT2D eigenvalue weighted by atomic mass is 9.82. The van der Waals surface area contributed by atoms with Gasteiger partial charge in [-0.15, -0.1) is 0 Å². The topological polar surface area (TPSA) is 41.1 Å². The third-order valence-electron chi connectivity index (χ3n) is 4.99. The lowest BCUT2D eigenvalue weighted by Crippen LogP contribution is -2.34. The Bertz CT molecular complexity index is 728. The molecule has 1 saturated carbocycles. The van der Waals surface area contributed by atoms with E-state index in [-0.39, 0.29) is 5.91 Å². The Balaban J connectivity index is 1.36. The summed E-state index contributed by atoms with van der Waals surface area (Å²) in [5.41, 5.74) is 2.12. The molecule has 0 atom stereocenters. The smallest absolute Gasteiger partial charge is 0.225 e. The first-order valence-corrected chi connectivity index (χ1v) is 9.90. The number of halogens is 2. The van der Waals surface area contributed by atoms with Crippen LogP contribution in [0.15, 0.2) is 48.5 Å². The number of hydrogen-bond acceptors (Lipinski definition) is 2. The van der Waals surface area contributed by atoms with Crippen LogP contribution in [0, 0.1) is 0 Å². The molecule has 138 valence electrons. The molecule has 1 aliphatic carbocycles. The van der Waals surface area contributed by atoms with Gasteiger partial charge in [-0.25, -0.2) is 0 Å². The van der Waals surface area contributed by atoms with Gasteiger partial charge in [0.1, 0.15) is 0 Å². The van der Waals surface area contributed by atoms with Crippen LogP contribution >= 0.6 is 23.2 Å². The Morgan fingerprint density at radius 1 is 0.962 bits per heavy atom. The second-order valence-electron chi connectivity index (χ2n) is 6.84. The molecule has 0 spiro atoms. The highest BCUT2D eigenvalue weighted by atomic mass is 35.5. The van der Waals surface area contributed by atoms with E-state index in [1.54, 1.807) is 18.2 Å². The number of anilines is 1. The van der Waals surface area contributed by atoms with E-state index in [0.717, 1.165) is 12.8 Å². The van der Waals surface area contributed by atoms with Crippen molar-refractivity contribution < 1.29 is 4.79 Å². The first kappa shape index (κ1) is 19.2.